The lowest BCUT2D eigenvalue weighted by molar-refractivity contribution is 1.12. The van der Waals surface area contributed by atoms with Crippen LogP contribution in [0.2, 0.25) is 0 Å². The Morgan fingerprint density at radius 3 is 2.82 bits per heavy atom. The predicted molar refractivity (Wildman–Crippen MR) is 75.9 cm³/mol. The molecule has 3 rings (SSSR count). The van der Waals surface area contributed by atoms with Crippen molar-refractivity contribution in [1.29, 1.82) is 0 Å². The largest absolute Gasteiger partial charge is 0.259 e. The molecule has 0 N–H and O–H groups in total. The van der Waals surface area contributed by atoms with Crippen LogP contribution in [0.25, 0.3) is 4.91 Å². The molecule has 1 nitrogen and oxygen atoms in total. The maximum atomic E-state index is 4.44. The molecule has 1 aromatic heterocycles. The zero-order valence-electron chi connectivity index (χ0n) is 9.06. The molecule has 0 atom stereocenters. The van der Waals surface area contributed by atoms with Crippen LogP contribution in [0.4, 0.5) is 0 Å². The van der Waals surface area contributed by atoms with Gasteiger partial charge in [-0.2, -0.15) is 0 Å². The normalized spacial score (nSPS) is 13.4. The molecule has 17 heavy (non-hydrogen) atoms. The molecule has 0 saturated heterocycles. The fourth-order valence-corrected chi connectivity index (χ4v) is 3.19. The summed E-state index contributed by atoms with van der Waals surface area (Å²) in [6.45, 7) is 0. The van der Waals surface area contributed by atoms with Gasteiger partial charge in [0.2, 0.25) is 0 Å². The maximum absolute atomic E-state index is 4.44. The van der Waals surface area contributed by atoms with Crippen LogP contribution in [-0.4, -0.2) is 4.98 Å². The molecule has 1 aliphatic carbocycles. The molecule has 0 bridgehead atoms. The van der Waals surface area contributed by atoms with E-state index in [-0.39, 0.29) is 0 Å². The molecule has 0 saturated carbocycles. The highest BCUT2D eigenvalue weighted by atomic mass is 79.9. The first kappa shape index (κ1) is 11.1. The number of fused-ring (bicyclic) bond motifs is 1. The van der Waals surface area contributed by atoms with E-state index < -0.39 is 0 Å². The second kappa shape index (κ2) is 4.67. The molecule has 1 aliphatic rings. The van der Waals surface area contributed by atoms with Gasteiger partial charge in [0.1, 0.15) is 0 Å². The van der Waals surface area contributed by atoms with Gasteiger partial charge < -0.3 is 0 Å². The average molecular weight is 304 g/mol. The molecule has 0 spiro atoms. The van der Waals surface area contributed by atoms with E-state index in [0.29, 0.717) is 0 Å². The Morgan fingerprint density at radius 1 is 1.18 bits per heavy atom. The number of benzene rings is 1. The van der Waals surface area contributed by atoms with Crippen LogP contribution in [0.15, 0.2) is 58.0 Å². The number of pyridine rings is 1. The summed E-state index contributed by atoms with van der Waals surface area (Å²) >= 11 is 5.28. The van der Waals surface area contributed by atoms with Crippen molar-refractivity contribution in [2.24, 2.45) is 0 Å². The van der Waals surface area contributed by atoms with Gasteiger partial charge in [-0.25, -0.2) is 0 Å². The fourth-order valence-electron chi connectivity index (χ4n) is 1.86. The van der Waals surface area contributed by atoms with Crippen LogP contribution in [0, 0.1) is 0 Å². The Hall–Kier alpha value is -1.06. The van der Waals surface area contributed by atoms with E-state index in [2.05, 4.69) is 57.3 Å². The second-order valence-corrected chi connectivity index (χ2v) is 5.87. The number of rotatable bonds is 2. The minimum absolute atomic E-state index is 0.942. The van der Waals surface area contributed by atoms with Gasteiger partial charge in [-0.15, -0.1) is 0 Å². The lowest BCUT2D eigenvalue weighted by Gasteiger charge is -2.05. The third-order valence-corrected chi connectivity index (χ3v) is 4.20. The van der Waals surface area contributed by atoms with E-state index in [1.165, 1.54) is 21.1 Å². The van der Waals surface area contributed by atoms with Crippen LogP contribution in [0.1, 0.15) is 11.3 Å². The zero-order valence-corrected chi connectivity index (χ0v) is 11.5. The molecule has 0 amide bonds. The molecule has 1 aromatic carbocycles. The summed E-state index contributed by atoms with van der Waals surface area (Å²) in [6, 6.07) is 12.6. The zero-order chi connectivity index (χ0) is 11.7. The molecule has 0 radical (unpaired) electrons. The topological polar surface area (TPSA) is 12.9 Å². The average Bonchev–Trinajstić information content (AvgIpc) is 2.73. The van der Waals surface area contributed by atoms with Crippen molar-refractivity contribution in [3.63, 3.8) is 0 Å². The summed E-state index contributed by atoms with van der Waals surface area (Å²) in [7, 11) is 0. The van der Waals surface area contributed by atoms with Crippen LogP contribution < -0.4 is 0 Å². The van der Waals surface area contributed by atoms with Crippen LogP contribution in [0.5, 0.6) is 0 Å². The predicted octanol–water partition coefficient (Wildman–Crippen LogP) is 4.53. The molecule has 0 aliphatic heterocycles. The summed E-state index contributed by atoms with van der Waals surface area (Å²) in [4.78, 5) is 7.01. The number of hydrogen-bond donors (Lipinski definition) is 0. The van der Waals surface area contributed by atoms with Crippen molar-refractivity contribution in [2.75, 3.05) is 0 Å². The van der Waals surface area contributed by atoms with Crippen molar-refractivity contribution in [2.45, 2.75) is 11.3 Å². The molecule has 0 unspecified atom stereocenters. The van der Waals surface area contributed by atoms with Crippen LogP contribution in [0.3, 0.4) is 0 Å². The molecule has 2 aromatic rings. The quantitative estimate of drug-likeness (QED) is 0.808. The van der Waals surface area contributed by atoms with Crippen molar-refractivity contribution in [3.05, 3.63) is 64.4 Å². The maximum Gasteiger partial charge on any atom is 0.0526 e. The Labute approximate surface area is 113 Å². The summed E-state index contributed by atoms with van der Waals surface area (Å²) < 4.78 is 1.04. The Morgan fingerprint density at radius 2 is 2.00 bits per heavy atom. The molecule has 0 fully saturated rings. The molecule has 3 heteroatoms. The molecule has 1 heterocycles. The molecular formula is C14H10BrNS. The number of nitrogens with zero attached hydrogens (tertiary/aromatic N) is 1. The SMILES string of the molecule is Brc1cnc2c(c1)C(Sc1ccccc1)=CC2. The monoisotopic (exact) mass is 303 g/mol. The summed E-state index contributed by atoms with van der Waals surface area (Å²) in [5.74, 6) is 0. The van der Waals surface area contributed by atoms with E-state index >= 15 is 0 Å². The molecular weight excluding hydrogens is 294 g/mol. The van der Waals surface area contributed by atoms with Gasteiger partial charge in [-0.3, -0.25) is 4.98 Å². The minimum atomic E-state index is 0.942. The smallest absolute Gasteiger partial charge is 0.0526 e. The van der Waals surface area contributed by atoms with E-state index in [1.54, 1.807) is 11.8 Å². The highest BCUT2D eigenvalue weighted by Gasteiger charge is 2.16. The third-order valence-electron chi connectivity index (χ3n) is 2.65. The Balaban J connectivity index is 1.91. The van der Waals surface area contributed by atoms with E-state index in [4.69, 9.17) is 0 Å². The van der Waals surface area contributed by atoms with E-state index in [9.17, 15) is 0 Å². The second-order valence-electron chi connectivity index (χ2n) is 3.84. The number of hydrogen-bond acceptors (Lipinski definition) is 2. The molecule has 84 valence electrons. The van der Waals surface area contributed by atoms with Gasteiger partial charge in [0.05, 0.1) is 5.69 Å². The fraction of sp³-hybridized carbons (Fsp3) is 0.0714. The highest BCUT2D eigenvalue weighted by molar-refractivity contribution is 9.10. The number of aromatic nitrogens is 1. The highest BCUT2D eigenvalue weighted by Crippen LogP contribution is 2.39. The van der Waals surface area contributed by atoms with Crippen LogP contribution >= 0.6 is 27.7 Å². The van der Waals surface area contributed by atoms with E-state index in [1.807, 2.05) is 12.3 Å². The van der Waals surface area contributed by atoms with Crippen molar-refractivity contribution < 1.29 is 0 Å². The number of thioether (sulfide) groups is 1. The van der Waals surface area contributed by atoms with Gasteiger partial charge in [0.15, 0.2) is 0 Å². The lowest BCUT2D eigenvalue weighted by Crippen LogP contribution is -1.87. The number of allylic oxidation sites excluding steroid dienone is 1. The Bertz CT molecular complexity index is 578. The van der Waals surface area contributed by atoms with Gasteiger partial charge >= 0.3 is 0 Å². The van der Waals surface area contributed by atoms with Crippen molar-refractivity contribution in [1.82, 2.24) is 4.98 Å². The van der Waals surface area contributed by atoms with E-state index in [0.717, 1.165) is 10.9 Å². The first-order valence-electron chi connectivity index (χ1n) is 5.41. The van der Waals surface area contributed by atoms with Gasteiger partial charge in [0, 0.05) is 32.5 Å². The van der Waals surface area contributed by atoms with Gasteiger partial charge in [0.25, 0.3) is 0 Å². The summed E-state index contributed by atoms with van der Waals surface area (Å²) in [5, 5.41) is 0. The Kier molecular flexibility index (Phi) is 3.04. The minimum Gasteiger partial charge on any atom is -0.259 e. The standard InChI is InChI=1S/C14H10BrNS/c15-10-8-12-13(16-9-10)6-7-14(12)17-11-4-2-1-3-5-11/h1-5,7-9H,6H2. The van der Waals surface area contributed by atoms with Crippen LogP contribution in [-0.2, 0) is 6.42 Å². The van der Waals surface area contributed by atoms with Crippen molar-refractivity contribution >= 4 is 32.6 Å². The van der Waals surface area contributed by atoms with Crippen molar-refractivity contribution in [3.8, 4) is 0 Å². The summed E-state index contributed by atoms with van der Waals surface area (Å²) in [6.07, 6.45) is 5.06. The number of halogens is 1. The first-order valence-corrected chi connectivity index (χ1v) is 7.02. The van der Waals surface area contributed by atoms with Gasteiger partial charge in [-0.05, 0) is 34.1 Å². The summed E-state index contributed by atoms with van der Waals surface area (Å²) in [5.41, 5.74) is 2.43. The first-order chi connectivity index (χ1) is 8.33. The third kappa shape index (κ3) is 2.31. The lowest BCUT2D eigenvalue weighted by atomic mass is 10.2. The van der Waals surface area contributed by atoms with Gasteiger partial charge in [-0.1, -0.05) is 36.0 Å².